The van der Waals surface area contributed by atoms with Gasteiger partial charge in [0.25, 0.3) is 0 Å². The topological polar surface area (TPSA) is 29.3 Å². The lowest BCUT2D eigenvalue weighted by Gasteiger charge is -2.07. The van der Waals surface area contributed by atoms with Gasteiger partial charge in [-0.05, 0) is 18.9 Å². The van der Waals surface area contributed by atoms with Gasteiger partial charge < -0.3 is 10.6 Å². The second-order valence-corrected chi connectivity index (χ2v) is 3.83. The van der Waals surface area contributed by atoms with E-state index in [-0.39, 0.29) is 0 Å². The number of hydrogen-bond donors (Lipinski definition) is 1. The smallest absolute Gasteiger partial charge is 0.0206 e. The first-order chi connectivity index (χ1) is 4.32. The van der Waals surface area contributed by atoms with Crippen molar-refractivity contribution in [1.82, 2.24) is 4.90 Å². The average molecular weight is 124 g/mol. The maximum absolute atomic E-state index is 5.67. The van der Waals surface area contributed by atoms with E-state index in [0.29, 0.717) is 5.41 Å². The third-order valence-electron chi connectivity index (χ3n) is 3.73. The van der Waals surface area contributed by atoms with E-state index >= 15 is 0 Å². The second kappa shape index (κ2) is 0.956. The van der Waals surface area contributed by atoms with Gasteiger partial charge in [-0.15, -0.1) is 0 Å². The van der Waals surface area contributed by atoms with Gasteiger partial charge in [-0.1, -0.05) is 0 Å². The molecular formula is C7H12N2. The minimum absolute atomic E-state index is 0.661. The maximum atomic E-state index is 5.67. The predicted molar refractivity (Wildman–Crippen MR) is 34.9 cm³/mol. The second-order valence-electron chi connectivity index (χ2n) is 3.83. The van der Waals surface area contributed by atoms with E-state index in [1.54, 1.807) is 0 Å². The first kappa shape index (κ1) is 4.69. The van der Waals surface area contributed by atoms with Crippen molar-refractivity contribution in [2.75, 3.05) is 20.1 Å². The number of nitrogens with two attached hydrogens (primary N) is 1. The van der Waals surface area contributed by atoms with Gasteiger partial charge in [0.2, 0.25) is 0 Å². The minimum atomic E-state index is 0.661. The van der Waals surface area contributed by atoms with Crippen molar-refractivity contribution in [3.05, 3.63) is 0 Å². The lowest BCUT2D eigenvalue weighted by molar-refractivity contribution is 0.376. The third-order valence-corrected chi connectivity index (χ3v) is 3.73. The summed E-state index contributed by atoms with van der Waals surface area (Å²) in [5.41, 5.74) is 6.33. The van der Waals surface area contributed by atoms with Crippen LogP contribution in [-0.4, -0.2) is 31.1 Å². The zero-order valence-electron chi connectivity index (χ0n) is 5.67. The molecule has 2 saturated heterocycles. The summed E-state index contributed by atoms with van der Waals surface area (Å²) in [7, 11) is 2.22. The van der Waals surface area contributed by atoms with Gasteiger partial charge in [-0.25, -0.2) is 0 Å². The van der Waals surface area contributed by atoms with Crippen molar-refractivity contribution in [3.63, 3.8) is 0 Å². The van der Waals surface area contributed by atoms with E-state index in [9.17, 15) is 0 Å². The van der Waals surface area contributed by atoms with E-state index in [4.69, 9.17) is 5.73 Å². The summed E-state index contributed by atoms with van der Waals surface area (Å²) < 4.78 is 0. The molecule has 0 aromatic rings. The van der Waals surface area contributed by atoms with Crippen molar-refractivity contribution in [2.45, 2.75) is 6.04 Å². The molecule has 2 aliphatic carbocycles. The first-order valence-corrected chi connectivity index (χ1v) is 3.72. The van der Waals surface area contributed by atoms with Crippen LogP contribution in [0.1, 0.15) is 0 Å². The fourth-order valence-corrected chi connectivity index (χ4v) is 3.16. The molecule has 0 radical (unpaired) electrons. The van der Waals surface area contributed by atoms with Crippen molar-refractivity contribution in [2.24, 2.45) is 23.0 Å². The summed E-state index contributed by atoms with van der Waals surface area (Å²) in [6.45, 7) is 2.27. The Bertz CT molecular complexity index is 174. The van der Waals surface area contributed by atoms with E-state index in [2.05, 4.69) is 11.9 Å². The molecule has 2 N–H and O–H groups in total. The molecule has 2 heteroatoms. The van der Waals surface area contributed by atoms with E-state index in [0.717, 1.165) is 24.4 Å². The Hall–Kier alpha value is -0.0800. The molecule has 4 rings (SSSR count). The molecule has 2 aliphatic heterocycles. The van der Waals surface area contributed by atoms with Crippen LogP contribution in [0.2, 0.25) is 0 Å². The fourth-order valence-electron chi connectivity index (χ4n) is 3.16. The molecule has 2 heterocycles. The van der Waals surface area contributed by atoms with Gasteiger partial charge in [-0.2, -0.15) is 0 Å². The number of nitrogens with zero attached hydrogens (tertiary/aromatic N) is 1. The van der Waals surface area contributed by atoms with Crippen LogP contribution < -0.4 is 5.73 Å². The molecule has 0 aromatic carbocycles. The molecule has 4 unspecified atom stereocenters. The normalized spacial score (nSPS) is 68.0. The first-order valence-electron chi connectivity index (χ1n) is 3.72. The van der Waals surface area contributed by atoms with Crippen molar-refractivity contribution in [3.8, 4) is 0 Å². The SMILES string of the molecule is CN1CC2C3C1C23CN. The minimum Gasteiger partial charge on any atom is -0.330 e. The fraction of sp³-hybridized carbons (Fsp3) is 1.00. The lowest BCUT2D eigenvalue weighted by Crippen LogP contribution is -2.20. The van der Waals surface area contributed by atoms with Crippen molar-refractivity contribution in [1.29, 1.82) is 0 Å². The number of piperidine rings is 1. The summed E-state index contributed by atoms with van der Waals surface area (Å²) in [6, 6.07) is 0.910. The summed E-state index contributed by atoms with van der Waals surface area (Å²) in [5, 5.41) is 0. The number of rotatable bonds is 1. The van der Waals surface area contributed by atoms with Gasteiger partial charge in [-0.3, -0.25) is 0 Å². The van der Waals surface area contributed by atoms with Crippen LogP contribution in [0.15, 0.2) is 0 Å². The Morgan fingerprint density at radius 1 is 1.78 bits per heavy atom. The Morgan fingerprint density at radius 2 is 2.56 bits per heavy atom. The molecule has 4 fully saturated rings. The Kier molecular flexibility index (Phi) is 0.498. The monoisotopic (exact) mass is 124 g/mol. The summed E-state index contributed by atoms with van der Waals surface area (Å²) in [5.74, 6) is 2.05. The molecular weight excluding hydrogens is 112 g/mol. The maximum Gasteiger partial charge on any atom is 0.0206 e. The molecule has 2 bridgehead atoms. The number of hydrogen-bond acceptors (Lipinski definition) is 2. The molecule has 0 aromatic heterocycles. The standard InChI is InChI=1S/C7H12N2/c1-9-2-4-5-6(9)7(4,5)3-8/h4-6H,2-3,8H2,1H3. The molecule has 2 nitrogen and oxygen atoms in total. The molecule has 4 aliphatic rings. The van der Waals surface area contributed by atoms with Crippen LogP contribution in [0, 0.1) is 17.3 Å². The quantitative estimate of drug-likeness (QED) is 0.511. The molecule has 0 spiro atoms. The van der Waals surface area contributed by atoms with Crippen molar-refractivity contribution < 1.29 is 0 Å². The van der Waals surface area contributed by atoms with Crippen LogP contribution in [0.3, 0.4) is 0 Å². The highest BCUT2D eigenvalue weighted by atomic mass is 15.3. The molecule has 2 saturated carbocycles. The summed E-state index contributed by atoms with van der Waals surface area (Å²) in [4.78, 5) is 2.47. The van der Waals surface area contributed by atoms with Gasteiger partial charge in [0.1, 0.15) is 0 Å². The highest BCUT2D eigenvalue weighted by Gasteiger charge is 2.90. The number of fused-ring (bicyclic) bond motifs is 1. The third kappa shape index (κ3) is 0.256. The van der Waals surface area contributed by atoms with E-state index in [1.807, 2.05) is 0 Å². The summed E-state index contributed by atoms with van der Waals surface area (Å²) >= 11 is 0. The Balaban J connectivity index is 1.95. The van der Waals surface area contributed by atoms with Crippen LogP contribution >= 0.6 is 0 Å². The Labute approximate surface area is 55.0 Å². The van der Waals surface area contributed by atoms with Gasteiger partial charge >= 0.3 is 0 Å². The summed E-state index contributed by atoms with van der Waals surface area (Å²) in [6.07, 6.45) is 0. The van der Waals surface area contributed by atoms with Crippen LogP contribution in [-0.2, 0) is 0 Å². The molecule has 0 amide bonds. The van der Waals surface area contributed by atoms with E-state index in [1.165, 1.54) is 6.54 Å². The molecule has 9 heavy (non-hydrogen) atoms. The lowest BCUT2D eigenvalue weighted by atomic mass is 10.1. The zero-order valence-corrected chi connectivity index (χ0v) is 5.67. The van der Waals surface area contributed by atoms with Gasteiger partial charge in [0.15, 0.2) is 0 Å². The predicted octanol–water partition coefficient (Wildman–Crippen LogP) is -0.495. The van der Waals surface area contributed by atoms with Gasteiger partial charge in [0, 0.05) is 24.5 Å². The zero-order chi connectivity index (χ0) is 6.22. The Morgan fingerprint density at radius 3 is 2.78 bits per heavy atom. The highest BCUT2D eigenvalue weighted by molar-refractivity contribution is 5.41. The van der Waals surface area contributed by atoms with Crippen LogP contribution in [0.25, 0.3) is 0 Å². The van der Waals surface area contributed by atoms with E-state index < -0.39 is 0 Å². The molecule has 4 atom stereocenters. The van der Waals surface area contributed by atoms with Crippen LogP contribution in [0.5, 0.6) is 0 Å². The average Bonchev–Trinajstić information content (AvgIpc) is 2.60. The molecule has 50 valence electrons. The van der Waals surface area contributed by atoms with Crippen molar-refractivity contribution >= 4 is 0 Å². The van der Waals surface area contributed by atoms with Crippen LogP contribution in [0.4, 0.5) is 0 Å². The largest absolute Gasteiger partial charge is 0.330 e. The highest BCUT2D eigenvalue weighted by Crippen LogP contribution is 2.84. The van der Waals surface area contributed by atoms with Gasteiger partial charge in [0.05, 0.1) is 0 Å².